The molecule has 1 fully saturated rings. The minimum absolute atomic E-state index is 0.180. The van der Waals surface area contributed by atoms with Gasteiger partial charge in [-0.3, -0.25) is 9.69 Å². The normalized spacial score (nSPS) is 16.9. The number of benzene rings is 2. The van der Waals surface area contributed by atoms with Gasteiger partial charge in [-0.15, -0.1) is 10.2 Å². The average molecular weight is 469 g/mol. The topological polar surface area (TPSA) is 59.2 Å². The van der Waals surface area contributed by atoms with E-state index in [0.717, 1.165) is 79.5 Å². The second-order valence-electron chi connectivity index (χ2n) is 9.69. The third-order valence-corrected chi connectivity index (χ3v) is 7.45. The quantitative estimate of drug-likeness (QED) is 0.445. The molecule has 0 saturated carbocycles. The largest absolute Gasteiger partial charge is 0.339 e. The highest BCUT2D eigenvalue weighted by atomic mass is 16.2. The van der Waals surface area contributed by atoms with Crippen molar-refractivity contribution in [1.29, 1.82) is 0 Å². The fourth-order valence-electron chi connectivity index (χ4n) is 5.48. The third kappa shape index (κ3) is 4.48. The Balaban J connectivity index is 1.14. The van der Waals surface area contributed by atoms with Crippen molar-refractivity contribution >= 4 is 16.8 Å². The molecule has 4 aromatic rings. The van der Waals surface area contributed by atoms with Crippen molar-refractivity contribution in [3.05, 3.63) is 72.3 Å². The Kier molecular flexibility index (Phi) is 6.08. The molecular weight excluding hydrogens is 436 g/mol. The first-order valence-electron chi connectivity index (χ1n) is 12.8. The van der Waals surface area contributed by atoms with Crippen LogP contribution < -0.4 is 0 Å². The number of aryl methyl sites for hydroxylation is 1. The van der Waals surface area contributed by atoms with Gasteiger partial charge in [0.15, 0.2) is 0 Å². The van der Waals surface area contributed by atoms with Gasteiger partial charge in [-0.2, -0.15) is 0 Å². The molecule has 2 aromatic heterocycles. The Hall–Kier alpha value is -3.45. The predicted octanol–water partition coefficient (Wildman–Crippen LogP) is 3.97. The van der Waals surface area contributed by atoms with E-state index in [1.165, 1.54) is 19.3 Å². The first-order valence-corrected chi connectivity index (χ1v) is 12.8. The summed E-state index contributed by atoms with van der Waals surface area (Å²) >= 11 is 0. The molecule has 0 unspecified atom stereocenters. The zero-order valence-electron chi connectivity index (χ0n) is 20.1. The number of amides is 1. The zero-order chi connectivity index (χ0) is 23.6. The number of para-hydroxylation sites is 1. The standard InChI is InChI=1S/C28H32N6O/c35-28(21-34-24-12-7-6-11-23(24)19-25(34)22-9-3-1-4-10-22)32-17-15-31(16-18-32)20-27-30-29-26-13-5-2-8-14-33(26)27/h1,3-4,6-7,9-12,19H,2,5,8,13-18,20-21H2. The minimum atomic E-state index is 0.180. The predicted molar refractivity (Wildman–Crippen MR) is 137 cm³/mol. The number of aromatic nitrogens is 4. The van der Waals surface area contributed by atoms with E-state index < -0.39 is 0 Å². The Morgan fingerprint density at radius 2 is 1.63 bits per heavy atom. The van der Waals surface area contributed by atoms with E-state index in [-0.39, 0.29) is 5.91 Å². The summed E-state index contributed by atoms with van der Waals surface area (Å²) in [5.41, 5.74) is 3.32. The van der Waals surface area contributed by atoms with Crippen LogP contribution in [-0.4, -0.2) is 61.2 Å². The second kappa shape index (κ2) is 9.66. The monoisotopic (exact) mass is 468 g/mol. The summed E-state index contributed by atoms with van der Waals surface area (Å²) in [5, 5.41) is 10.1. The van der Waals surface area contributed by atoms with Gasteiger partial charge in [0.1, 0.15) is 18.2 Å². The van der Waals surface area contributed by atoms with Crippen LogP contribution in [0, 0.1) is 0 Å². The lowest BCUT2D eigenvalue weighted by atomic mass is 10.1. The van der Waals surface area contributed by atoms with E-state index in [9.17, 15) is 4.79 Å². The number of carbonyl (C=O) groups is 1. The van der Waals surface area contributed by atoms with Crippen LogP contribution in [0.15, 0.2) is 60.7 Å². The van der Waals surface area contributed by atoms with Crippen LogP contribution in [0.3, 0.4) is 0 Å². The van der Waals surface area contributed by atoms with E-state index >= 15 is 0 Å². The number of fused-ring (bicyclic) bond motifs is 2. The summed E-state index contributed by atoms with van der Waals surface area (Å²) in [6.45, 7) is 5.44. The molecule has 4 heterocycles. The molecule has 7 nitrogen and oxygen atoms in total. The Labute approximate surface area is 206 Å². The zero-order valence-corrected chi connectivity index (χ0v) is 20.1. The molecule has 0 radical (unpaired) electrons. The SMILES string of the molecule is O=C(Cn1c(-c2ccccc2)cc2ccccc21)N1CCN(Cc2nnc3n2CCCCC3)CC1. The number of hydrogen-bond acceptors (Lipinski definition) is 4. The lowest BCUT2D eigenvalue weighted by Crippen LogP contribution is -2.49. The molecule has 2 aromatic carbocycles. The maximum absolute atomic E-state index is 13.4. The van der Waals surface area contributed by atoms with E-state index in [4.69, 9.17) is 0 Å². The molecular formula is C28H32N6O. The Bertz CT molecular complexity index is 1320. The number of carbonyl (C=O) groups excluding carboxylic acids is 1. The molecule has 0 aliphatic carbocycles. The number of rotatable bonds is 5. The Morgan fingerprint density at radius 3 is 2.49 bits per heavy atom. The molecule has 35 heavy (non-hydrogen) atoms. The van der Waals surface area contributed by atoms with Crippen molar-refractivity contribution in [3.8, 4) is 11.3 Å². The summed E-state index contributed by atoms with van der Waals surface area (Å²) < 4.78 is 4.50. The lowest BCUT2D eigenvalue weighted by Gasteiger charge is -2.34. The summed E-state index contributed by atoms with van der Waals surface area (Å²) in [6.07, 6.45) is 4.72. The number of piperazine rings is 1. The third-order valence-electron chi connectivity index (χ3n) is 7.45. The van der Waals surface area contributed by atoms with Gasteiger partial charge in [-0.1, -0.05) is 55.0 Å². The van der Waals surface area contributed by atoms with Crippen molar-refractivity contribution in [3.63, 3.8) is 0 Å². The highest BCUT2D eigenvalue weighted by Crippen LogP contribution is 2.28. The van der Waals surface area contributed by atoms with Crippen LogP contribution in [-0.2, 0) is 30.8 Å². The number of nitrogens with zero attached hydrogens (tertiary/aromatic N) is 6. The van der Waals surface area contributed by atoms with Gasteiger partial charge in [-0.25, -0.2) is 0 Å². The van der Waals surface area contributed by atoms with Gasteiger partial charge < -0.3 is 14.0 Å². The van der Waals surface area contributed by atoms with Gasteiger partial charge in [-0.05, 0) is 30.5 Å². The van der Waals surface area contributed by atoms with E-state index in [1.807, 2.05) is 29.2 Å². The maximum atomic E-state index is 13.4. The second-order valence-corrected chi connectivity index (χ2v) is 9.69. The van der Waals surface area contributed by atoms with Crippen LogP contribution in [0.5, 0.6) is 0 Å². The van der Waals surface area contributed by atoms with Crippen molar-refractivity contribution in [1.82, 2.24) is 29.1 Å². The highest BCUT2D eigenvalue weighted by molar-refractivity contribution is 5.89. The molecule has 0 atom stereocenters. The van der Waals surface area contributed by atoms with Gasteiger partial charge in [0.25, 0.3) is 0 Å². The van der Waals surface area contributed by atoms with Crippen molar-refractivity contribution in [2.45, 2.75) is 45.3 Å². The number of hydrogen-bond donors (Lipinski definition) is 0. The molecule has 6 rings (SSSR count). The molecule has 1 saturated heterocycles. The first-order chi connectivity index (χ1) is 17.3. The molecule has 1 amide bonds. The highest BCUT2D eigenvalue weighted by Gasteiger charge is 2.24. The first kappa shape index (κ1) is 22.0. The summed E-state index contributed by atoms with van der Waals surface area (Å²) in [6, 6.07) is 20.9. The van der Waals surface area contributed by atoms with Crippen LogP contribution in [0.4, 0.5) is 0 Å². The van der Waals surface area contributed by atoms with E-state index in [2.05, 4.69) is 60.6 Å². The Morgan fingerprint density at radius 1 is 0.829 bits per heavy atom. The summed E-state index contributed by atoms with van der Waals surface area (Å²) in [7, 11) is 0. The maximum Gasteiger partial charge on any atom is 0.242 e. The fourth-order valence-corrected chi connectivity index (χ4v) is 5.48. The summed E-state index contributed by atoms with van der Waals surface area (Å²) in [4.78, 5) is 17.8. The van der Waals surface area contributed by atoms with Gasteiger partial charge in [0.2, 0.25) is 5.91 Å². The van der Waals surface area contributed by atoms with Gasteiger partial charge in [0, 0.05) is 55.7 Å². The fraction of sp³-hybridized carbons (Fsp3) is 0.393. The lowest BCUT2D eigenvalue weighted by molar-refractivity contribution is -0.133. The molecule has 0 bridgehead atoms. The smallest absolute Gasteiger partial charge is 0.242 e. The molecule has 180 valence electrons. The van der Waals surface area contributed by atoms with Crippen LogP contribution in [0.2, 0.25) is 0 Å². The van der Waals surface area contributed by atoms with Crippen molar-refractivity contribution in [2.24, 2.45) is 0 Å². The molecule has 0 spiro atoms. The molecule has 2 aliphatic rings. The van der Waals surface area contributed by atoms with Crippen LogP contribution in [0.25, 0.3) is 22.2 Å². The molecule has 2 aliphatic heterocycles. The van der Waals surface area contributed by atoms with E-state index in [0.29, 0.717) is 6.54 Å². The summed E-state index contributed by atoms with van der Waals surface area (Å²) in [5.74, 6) is 2.40. The molecule has 0 N–H and O–H groups in total. The van der Waals surface area contributed by atoms with Gasteiger partial charge >= 0.3 is 0 Å². The van der Waals surface area contributed by atoms with Gasteiger partial charge in [0.05, 0.1) is 6.54 Å². The van der Waals surface area contributed by atoms with Crippen molar-refractivity contribution in [2.75, 3.05) is 26.2 Å². The van der Waals surface area contributed by atoms with Crippen LogP contribution in [0.1, 0.15) is 30.9 Å². The van der Waals surface area contributed by atoms with Crippen LogP contribution >= 0.6 is 0 Å². The minimum Gasteiger partial charge on any atom is -0.339 e. The molecule has 7 heteroatoms. The van der Waals surface area contributed by atoms with Crippen molar-refractivity contribution < 1.29 is 4.79 Å². The average Bonchev–Trinajstić information content (AvgIpc) is 3.36. The van der Waals surface area contributed by atoms with E-state index in [1.54, 1.807) is 0 Å².